The number of nitrogens with zero attached hydrogens (tertiary/aromatic N) is 2. The number of fused-ring (bicyclic) bond motifs is 2. The van der Waals surface area contributed by atoms with Crippen LogP contribution in [0.5, 0.6) is 5.75 Å². The van der Waals surface area contributed by atoms with E-state index in [0.717, 1.165) is 53.7 Å². The number of anilines is 1. The van der Waals surface area contributed by atoms with Gasteiger partial charge in [-0.2, -0.15) is 0 Å². The fourth-order valence-electron chi connectivity index (χ4n) is 3.23. The third kappa shape index (κ3) is 2.58. The second-order valence-corrected chi connectivity index (χ2v) is 6.18. The molecule has 1 saturated heterocycles. The Morgan fingerprint density at radius 3 is 2.65 bits per heavy atom. The number of halogens is 1. The van der Waals surface area contributed by atoms with Crippen LogP contribution in [0.4, 0.5) is 5.69 Å². The fraction of sp³-hybridized carbons (Fsp3) is 0.278. The predicted molar refractivity (Wildman–Crippen MR) is 95.9 cm³/mol. The van der Waals surface area contributed by atoms with Crippen molar-refractivity contribution in [3.05, 3.63) is 41.4 Å². The van der Waals surface area contributed by atoms with Gasteiger partial charge in [0.15, 0.2) is 0 Å². The Labute approximate surface area is 140 Å². The van der Waals surface area contributed by atoms with Crippen LogP contribution in [0, 0.1) is 0 Å². The lowest BCUT2D eigenvalue weighted by Crippen LogP contribution is -2.43. The molecule has 0 saturated carbocycles. The maximum absolute atomic E-state index is 6.17. The van der Waals surface area contributed by atoms with Crippen LogP contribution in [0.2, 0.25) is 5.02 Å². The summed E-state index contributed by atoms with van der Waals surface area (Å²) in [6.45, 7) is 3.94. The van der Waals surface area contributed by atoms with Gasteiger partial charge in [0.05, 0.1) is 23.8 Å². The van der Waals surface area contributed by atoms with Crippen molar-refractivity contribution in [3.8, 4) is 5.75 Å². The summed E-state index contributed by atoms with van der Waals surface area (Å²) in [5.74, 6) is 0.851. The Morgan fingerprint density at radius 1 is 1.04 bits per heavy atom. The summed E-state index contributed by atoms with van der Waals surface area (Å²) < 4.78 is 5.42. The molecule has 1 aromatic heterocycles. The van der Waals surface area contributed by atoms with Crippen LogP contribution < -0.4 is 15.0 Å². The molecule has 2 aromatic carbocycles. The largest absolute Gasteiger partial charge is 0.497 e. The fourth-order valence-corrected chi connectivity index (χ4v) is 3.40. The minimum absolute atomic E-state index is 0.712. The zero-order chi connectivity index (χ0) is 15.8. The number of hydrogen-bond acceptors (Lipinski definition) is 4. The number of hydrogen-bond donors (Lipinski definition) is 1. The third-order valence-electron chi connectivity index (χ3n) is 4.35. The number of nitrogens with one attached hydrogen (secondary N) is 1. The molecule has 1 N–H and O–H groups in total. The van der Waals surface area contributed by atoms with Crippen LogP contribution in [0.15, 0.2) is 36.4 Å². The van der Waals surface area contributed by atoms with Gasteiger partial charge in [0.25, 0.3) is 0 Å². The molecule has 3 aromatic rings. The first-order valence-corrected chi connectivity index (χ1v) is 8.17. The maximum atomic E-state index is 6.17. The molecule has 0 unspecified atom stereocenters. The normalized spacial score (nSPS) is 15.3. The van der Waals surface area contributed by atoms with Gasteiger partial charge in [0.1, 0.15) is 5.75 Å². The molecule has 0 atom stereocenters. The summed E-state index contributed by atoms with van der Waals surface area (Å²) in [6.07, 6.45) is 0. The molecule has 1 fully saturated rings. The van der Waals surface area contributed by atoms with E-state index in [0.29, 0.717) is 5.02 Å². The molecule has 4 rings (SSSR count). The lowest BCUT2D eigenvalue weighted by Gasteiger charge is -2.31. The van der Waals surface area contributed by atoms with Gasteiger partial charge < -0.3 is 15.0 Å². The number of rotatable bonds is 2. The lowest BCUT2D eigenvalue weighted by atomic mass is 10.1. The van der Waals surface area contributed by atoms with E-state index in [1.54, 1.807) is 7.11 Å². The molecular weight excluding hydrogens is 310 g/mol. The first-order chi connectivity index (χ1) is 11.3. The number of benzene rings is 2. The second kappa shape index (κ2) is 5.87. The first-order valence-electron chi connectivity index (χ1n) is 7.79. The molecule has 0 radical (unpaired) electrons. The van der Waals surface area contributed by atoms with E-state index in [1.807, 2.05) is 24.3 Å². The minimum atomic E-state index is 0.712. The molecule has 4 nitrogen and oxygen atoms in total. The Bertz CT molecular complexity index is 875. The Kier molecular flexibility index (Phi) is 3.71. The molecule has 0 amide bonds. The van der Waals surface area contributed by atoms with Crippen LogP contribution in [-0.4, -0.2) is 38.3 Å². The van der Waals surface area contributed by atoms with Gasteiger partial charge in [-0.15, -0.1) is 0 Å². The van der Waals surface area contributed by atoms with Gasteiger partial charge in [0, 0.05) is 42.0 Å². The van der Waals surface area contributed by atoms with Gasteiger partial charge >= 0.3 is 0 Å². The van der Waals surface area contributed by atoms with Crippen molar-refractivity contribution in [2.45, 2.75) is 0 Å². The Hall–Kier alpha value is -2.04. The number of ether oxygens (including phenoxy) is 1. The third-order valence-corrected chi connectivity index (χ3v) is 4.58. The second-order valence-electron chi connectivity index (χ2n) is 5.74. The standard InChI is InChI=1S/C18H18ClN3O/c1-23-13-3-5-16-15(11-13)18(22-8-6-20-7-9-22)14-4-2-12(19)10-17(14)21-16/h2-5,10-11,20H,6-9H2,1H3. The van der Waals surface area contributed by atoms with Crippen LogP contribution in [-0.2, 0) is 0 Å². The van der Waals surface area contributed by atoms with Gasteiger partial charge in [-0.3, -0.25) is 0 Å². The average molecular weight is 328 g/mol. The minimum Gasteiger partial charge on any atom is -0.497 e. The smallest absolute Gasteiger partial charge is 0.119 e. The van der Waals surface area contributed by atoms with E-state index in [1.165, 1.54) is 5.69 Å². The van der Waals surface area contributed by atoms with E-state index in [9.17, 15) is 0 Å². The molecule has 2 heterocycles. The van der Waals surface area contributed by atoms with Crippen molar-refractivity contribution >= 4 is 39.1 Å². The number of methoxy groups -OCH3 is 1. The van der Waals surface area contributed by atoms with E-state index in [-0.39, 0.29) is 0 Å². The number of pyridine rings is 1. The molecule has 118 valence electrons. The summed E-state index contributed by atoms with van der Waals surface area (Å²) in [5.41, 5.74) is 3.12. The van der Waals surface area contributed by atoms with Gasteiger partial charge in [0.2, 0.25) is 0 Å². The van der Waals surface area contributed by atoms with Crippen molar-refractivity contribution < 1.29 is 4.74 Å². The highest BCUT2D eigenvalue weighted by Gasteiger charge is 2.18. The first kappa shape index (κ1) is 14.5. The van der Waals surface area contributed by atoms with Crippen molar-refractivity contribution in [3.63, 3.8) is 0 Å². The quantitative estimate of drug-likeness (QED) is 0.731. The molecule has 1 aliphatic rings. The lowest BCUT2D eigenvalue weighted by molar-refractivity contribution is 0.415. The molecular formula is C18H18ClN3O. The van der Waals surface area contributed by atoms with Crippen LogP contribution in [0.3, 0.4) is 0 Å². The number of piperazine rings is 1. The van der Waals surface area contributed by atoms with Gasteiger partial charge in [-0.25, -0.2) is 4.98 Å². The summed E-state index contributed by atoms with van der Waals surface area (Å²) in [5, 5.41) is 6.38. The van der Waals surface area contributed by atoms with E-state index >= 15 is 0 Å². The summed E-state index contributed by atoms with van der Waals surface area (Å²) in [4.78, 5) is 7.21. The summed E-state index contributed by atoms with van der Waals surface area (Å²) >= 11 is 6.17. The summed E-state index contributed by atoms with van der Waals surface area (Å²) in [7, 11) is 1.69. The van der Waals surface area contributed by atoms with Crippen LogP contribution >= 0.6 is 11.6 Å². The Balaban J connectivity index is 2.05. The highest BCUT2D eigenvalue weighted by atomic mass is 35.5. The highest BCUT2D eigenvalue weighted by molar-refractivity contribution is 6.31. The van der Waals surface area contributed by atoms with E-state index < -0.39 is 0 Å². The molecule has 23 heavy (non-hydrogen) atoms. The molecule has 0 aliphatic carbocycles. The number of aromatic nitrogens is 1. The topological polar surface area (TPSA) is 37.4 Å². The molecule has 1 aliphatic heterocycles. The van der Waals surface area contributed by atoms with Crippen molar-refractivity contribution in [2.24, 2.45) is 0 Å². The van der Waals surface area contributed by atoms with E-state index in [2.05, 4.69) is 22.3 Å². The monoisotopic (exact) mass is 327 g/mol. The van der Waals surface area contributed by atoms with Crippen molar-refractivity contribution in [1.82, 2.24) is 10.3 Å². The van der Waals surface area contributed by atoms with Gasteiger partial charge in [-0.05, 0) is 36.4 Å². The highest BCUT2D eigenvalue weighted by Crippen LogP contribution is 2.36. The SMILES string of the molecule is COc1ccc2nc3cc(Cl)ccc3c(N3CCNCC3)c2c1. The van der Waals surface area contributed by atoms with Gasteiger partial charge in [-0.1, -0.05) is 11.6 Å². The average Bonchev–Trinajstić information content (AvgIpc) is 2.60. The predicted octanol–water partition coefficient (Wildman–Crippen LogP) is 3.46. The molecule has 0 bridgehead atoms. The van der Waals surface area contributed by atoms with Crippen molar-refractivity contribution in [1.29, 1.82) is 0 Å². The maximum Gasteiger partial charge on any atom is 0.119 e. The zero-order valence-electron chi connectivity index (χ0n) is 13.0. The summed E-state index contributed by atoms with van der Waals surface area (Å²) in [6, 6.07) is 12.0. The van der Waals surface area contributed by atoms with Crippen LogP contribution in [0.1, 0.15) is 0 Å². The van der Waals surface area contributed by atoms with E-state index in [4.69, 9.17) is 21.3 Å². The van der Waals surface area contributed by atoms with Crippen molar-refractivity contribution in [2.75, 3.05) is 38.2 Å². The molecule has 5 heteroatoms. The zero-order valence-corrected chi connectivity index (χ0v) is 13.7. The molecule has 0 spiro atoms. The Morgan fingerprint density at radius 2 is 1.87 bits per heavy atom. The van der Waals surface area contributed by atoms with Crippen LogP contribution in [0.25, 0.3) is 21.8 Å².